The molecule has 0 spiro atoms. The lowest BCUT2D eigenvalue weighted by Gasteiger charge is -2.27. The van der Waals surface area contributed by atoms with Crippen molar-refractivity contribution in [2.24, 2.45) is 0 Å². The summed E-state index contributed by atoms with van der Waals surface area (Å²) in [4.78, 5) is 0. The third kappa shape index (κ3) is 4.21. The fraction of sp³-hybridized carbons (Fsp3) is 0.571. The van der Waals surface area contributed by atoms with Gasteiger partial charge in [0.1, 0.15) is 0 Å². The first-order valence-corrected chi connectivity index (χ1v) is 6.40. The summed E-state index contributed by atoms with van der Waals surface area (Å²) in [6, 6.07) is 7.71. The topological polar surface area (TPSA) is 29.5 Å². The minimum atomic E-state index is -4.22. The van der Waals surface area contributed by atoms with E-state index in [1.54, 1.807) is 0 Å². The van der Waals surface area contributed by atoms with Crippen molar-refractivity contribution in [3.05, 3.63) is 35.4 Å². The first-order chi connectivity index (χ1) is 8.96. The normalized spacial score (nSPS) is 20.9. The maximum atomic E-state index is 12.1. The Balaban J connectivity index is 1.93. The van der Waals surface area contributed by atoms with E-state index in [2.05, 4.69) is 0 Å². The smallest absolute Gasteiger partial charge is 0.389 e. The van der Waals surface area contributed by atoms with Gasteiger partial charge < -0.3 is 9.84 Å². The van der Waals surface area contributed by atoms with Gasteiger partial charge in [0.25, 0.3) is 0 Å². The lowest BCUT2D eigenvalue weighted by molar-refractivity contribution is -0.141. The van der Waals surface area contributed by atoms with Gasteiger partial charge >= 0.3 is 6.18 Å². The van der Waals surface area contributed by atoms with E-state index in [9.17, 15) is 18.3 Å². The number of rotatable bonds is 4. The van der Waals surface area contributed by atoms with Crippen LogP contribution in [0.4, 0.5) is 13.2 Å². The molecular weight excluding hydrogens is 257 g/mol. The molecule has 0 bridgehead atoms. The minimum absolute atomic E-state index is 0.215. The number of fused-ring (bicyclic) bond motifs is 1. The first kappa shape index (κ1) is 14.3. The molecule has 2 rings (SSSR count). The third-order valence-electron chi connectivity index (χ3n) is 3.34. The minimum Gasteiger partial charge on any atom is -0.393 e. The van der Waals surface area contributed by atoms with Crippen LogP contribution in [-0.4, -0.2) is 24.0 Å². The molecule has 2 nitrogen and oxygen atoms in total. The highest BCUT2D eigenvalue weighted by molar-refractivity contribution is 5.30. The highest BCUT2D eigenvalue weighted by Gasteiger charge is 2.29. The van der Waals surface area contributed by atoms with E-state index in [1.165, 1.54) is 0 Å². The van der Waals surface area contributed by atoms with Crippen LogP contribution in [0.15, 0.2) is 24.3 Å². The van der Waals surface area contributed by atoms with Crippen molar-refractivity contribution >= 4 is 0 Å². The molecule has 1 N–H and O–H groups in total. The molecule has 1 aromatic carbocycles. The molecule has 1 aromatic rings. The van der Waals surface area contributed by atoms with Crippen molar-refractivity contribution in [3.63, 3.8) is 0 Å². The van der Waals surface area contributed by atoms with E-state index in [0.29, 0.717) is 6.61 Å². The van der Waals surface area contributed by atoms with Crippen molar-refractivity contribution in [2.45, 2.75) is 44.1 Å². The highest BCUT2D eigenvalue weighted by atomic mass is 19.4. The molecule has 5 heteroatoms. The largest absolute Gasteiger partial charge is 0.393 e. The number of hydrogen-bond donors (Lipinski definition) is 1. The molecule has 0 aliphatic carbocycles. The van der Waals surface area contributed by atoms with E-state index in [0.717, 1.165) is 17.5 Å². The zero-order valence-corrected chi connectivity index (χ0v) is 10.5. The number of halogens is 3. The predicted octanol–water partition coefficient (Wildman–Crippen LogP) is 3.39. The Hall–Kier alpha value is -1.07. The van der Waals surface area contributed by atoms with E-state index in [-0.39, 0.29) is 18.9 Å². The monoisotopic (exact) mass is 274 g/mol. The molecule has 1 heterocycles. The Morgan fingerprint density at radius 2 is 2.05 bits per heavy atom. The molecule has 0 saturated heterocycles. The van der Waals surface area contributed by atoms with Crippen LogP contribution in [-0.2, 0) is 11.2 Å². The fourth-order valence-corrected chi connectivity index (χ4v) is 2.37. The summed E-state index contributed by atoms with van der Waals surface area (Å²) in [7, 11) is 0. The van der Waals surface area contributed by atoms with Crippen molar-refractivity contribution < 1.29 is 23.0 Å². The number of aliphatic hydroxyl groups excluding tert-OH is 1. The molecule has 2 unspecified atom stereocenters. The standard InChI is InChI=1S/C14H17F3O2/c15-14(16,17)7-5-11(18)9-13-12-4-2-1-3-10(12)6-8-19-13/h1-4,11,13,18H,5-9H2. The third-order valence-corrected chi connectivity index (χ3v) is 3.34. The average molecular weight is 274 g/mol. The van der Waals surface area contributed by atoms with E-state index in [1.807, 2.05) is 24.3 Å². The van der Waals surface area contributed by atoms with Gasteiger partial charge in [-0.05, 0) is 24.0 Å². The zero-order valence-electron chi connectivity index (χ0n) is 10.5. The van der Waals surface area contributed by atoms with Gasteiger partial charge in [-0.15, -0.1) is 0 Å². The molecule has 0 saturated carbocycles. The van der Waals surface area contributed by atoms with Crippen LogP contribution in [0.2, 0.25) is 0 Å². The van der Waals surface area contributed by atoms with Gasteiger partial charge in [0.15, 0.2) is 0 Å². The van der Waals surface area contributed by atoms with Gasteiger partial charge in [-0.25, -0.2) is 0 Å². The number of hydrogen-bond acceptors (Lipinski definition) is 2. The Labute approximate surface area is 110 Å². The summed E-state index contributed by atoms with van der Waals surface area (Å²) >= 11 is 0. The number of benzene rings is 1. The summed E-state index contributed by atoms with van der Waals surface area (Å²) in [5, 5.41) is 9.71. The molecule has 1 aliphatic rings. The summed E-state index contributed by atoms with van der Waals surface area (Å²) < 4.78 is 41.8. The summed E-state index contributed by atoms with van der Waals surface area (Å²) in [5.74, 6) is 0. The van der Waals surface area contributed by atoms with Gasteiger partial charge in [0.05, 0.1) is 18.8 Å². The molecule has 2 atom stereocenters. The summed E-state index contributed by atoms with van der Waals surface area (Å²) in [6.45, 7) is 0.549. The van der Waals surface area contributed by atoms with E-state index < -0.39 is 18.7 Å². The van der Waals surface area contributed by atoms with Crippen molar-refractivity contribution in [3.8, 4) is 0 Å². The maximum absolute atomic E-state index is 12.1. The molecule has 0 radical (unpaired) electrons. The Bertz CT molecular complexity index is 417. The lowest BCUT2D eigenvalue weighted by Crippen LogP contribution is -2.22. The van der Waals surface area contributed by atoms with Gasteiger partial charge in [-0.1, -0.05) is 24.3 Å². The average Bonchev–Trinajstić information content (AvgIpc) is 2.36. The van der Waals surface area contributed by atoms with Gasteiger partial charge in [-0.3, -0.25) is 0 Å². The van der Waals surface area contributed by atoms with Crippen LogP contribution in [0.1, 0.15) is 36.5 Å². The van der Waals surface area contributed by atoms with Crippen molar-refractivity contribution in [1.29, 1.82) is 0 Å². The van der Waals surface area contributed by atoms with Gasteiger partial charge in [-0.2, -0.15) is 13.2 Å². The van der Waals surface area contributed by atoms with Crippen LogP contribution in [0.25, 0.3) is 0 Å². The second-order valence-electron chi connectivity index (χ2n) is 4.85. The number of ether oxygens (including phenoxy) is 1. The first-order valence-electron chi connectivity index (χ1n) is 6.40. The van der Waals surface area contributed by atoms with Crippen molar-refractivity contribution in [1.82, 2.24) is 0 Å². The van der Waals surface area contributed by atoms with Crippen LogP contribution in [0.3, 0.4) is 0 Å². The molecule has 0 amide bonds. The second-order valence-corrected chi connectivity index (χ2v) is 4.85. The quantitative estimate of drug-likeness (QED) is 0.912. The fourth-order valence-electron chi connectivity index (χ4n) is 2.37. The Kier molecular flexibility index (Phi) is 4.47. The summed E-state index contributed by atoms with van der Waals surface area (Å²) in [5.41, 5.74) is 2.14. The number of alkyl halides is 3. The SMILES string of the molecule is OC(CCC(F)(F)F)CC1OCCc2ccccc21. The molecular formula is C14H17F3O2. The van der Waals surface area contributed by atoms with Gasteiger partial charge in [0.2, 0.25) is 0 Å². The van der Waals surface area contributed by atoms with Crippen LogP contribution < -0.4 is 0 Å². The lowest BCUT2D eigenvalue weighted by atomic mass is 9.93. The van der Waals surface area contributed by atoms with Crippen LogP contribution in [0.5, 0.6) is 0 Å². The Morgan fingerprint density at radius 1 is 1.32 bits per heavy atom. The molecule has 106 valence electrons. The highest BCUT2D eigenvalue weighted by Crippen LogP contribution is 2.32. The van der Waals surface area contributed by atoms with Gasteiger partial charge in [0, 0.05) is 12.8 Å². The predicted molar refractivity (Wildman–Crippen MR) is 64.8 cm³/mol. The van der Waals surface area contributed by atoms with E-state index in [4.69, 9.17) is 4.74 Å². The number of aliphatic hydroxyl groups is 1. The molecule has 0 fully saturated rings. The van der Waals surface area contributed by atoms with Crippen molar-refractivity contribution in [2.75, 3.05) is 6.61 Å². The molecule has 1 aliphatic heterocycles. The molecule has 19 heavy (non-hydrogen) atoms. The molecule has 0 aromatic heterocycles. The maximum Gasteiger partial charge on any atom is 0.389 e. The van der Waals surface area contributed by atoms with Crippen LogP contribution in [0, 0.1) is 0 Å². The van der Waals surface area contributed by atoms with Crippen LogP contribution >= 0.6 is 0 Å². The zero-order chi connectivity index (χ0) is 13.9. The summed E-state index contributed by atoms with van der Waals surface area (Å²) in [6.07, 6.45) is -5.70. The second kappa shape index (κ2) is 5.92. The Morgan fingerprint density at radius 3 is 2.79 bits per heavy atom. The van der Waals surface area contributed by atoms with E-state index >= 15 is 0 Å².